The molecule has 3 heterocycles. The van der Waals surface area contributed by atoms with Gasteiger partial charge in [-0.2, -0.15) is 10.2 Å². The number of carbonyl (C=O) groups is 1. The Morgan fingerprint density at radius 3 is 2.48 bits per heavy atom. The lowest BCUT2D eigenvalue weighted by atomic mass is 10.0. The average Bonchev–Trinajstić information content (AvgIpc) is 3.21. The van der Waals surface area contributed by atoms with Gasteiger partial charge in [-0.3, -0.25) is 19.0 Å². The Bertz CT molecular complexity index is 1380. The highest BCUT2D eigenvalue weighted by atomic mass is 16.1. The first kappa shape index (κ1) is 22.5. The molecule has 2 N–H and O–H groups in total. The third kappa shape index (κ3) is 4.46. The quantitative estimate of drug-likeness (QED) is 0.456. The minimum absolute atomic E-state index is 0.0913. The molecule has 0 aliphatic heterocycles. The van der Waals surface area contributed by atoms with Gasteiger partial charge in [0, 0.05) is 42.2 Å². The van der Waals surface area contributed by atoms with Crippen molar-refractivity contribution in [3.63, 3.8) is 0 Å². The molecule has 0 atom stereocenters. The van der Waals surface area contributed by atoms with Crippen LogP contribution in [0.2, 0.25) is 0 Å². The molecule has 4 rings (SSSR count). The van der Waals surface area contributed by atoms with E-state index < -0.39 is 0 Å². The third-order valence-corrected chi connectivity index (χ3v) is 6.33. The minimum atomic E-state index is -0.162. The van der Waals surface area contributed by atoms with Crippen LogP contribution < -0.4 is 10.9 Å². The Hall–Kier alpha value is -3.68. The molecular formula is C25H30N6O2. The SMILES string of the molecule is Cc1nn(Cc2ccccc2)c(C)c1CNC(=O)CCc1c(C)c2c(C)nn(C)c2[nH]c1=O. The topological polar surface area (TPSA) is 97.6 Å². The van der Waals surface area contributed by atoms with Gasteiger partial charge in [0.2, 0.25) is 5.91 Å². The maximum Gasteiger partial charge on any atom is 0.253 e. The lowest BCUT2D eigenvalue weighted by Gasteiger charge is -2.09. The number of hydrogen-bond donors (Lipinski definition) is 2. The number of fused-ring (bicyclic) bond motifs is 1. The summed E-state index contributed by atoms with van der Waals surface area (Å²) in [6, 6.07) is 10.2. The number of H-pyrrole nitrogens is 1. The van der Waals surface area contributed by atoms with Crippen LogP contribution in [-0.2, 0) is 31.4 Å². The van der Waals surface area contributed by atoms with Crippen LogP contribution in [0.4, 0.5) is 0 Å². The Kier molecular flexibility index (Phi) is 6.18. The van der Waals surface area contributed by atoms with Crippen LogP contribution >= 0.6 is 0 Å². The van der Waals surface area contributed by atoms with E-state index in [1.54, 1.807) is 4.68 Å². The number of aromatic amines is 1. The molecule has 4 aromatic rings. The van der Waals surface area contributed by atoms with Crippen LogP contribution in [0.25, 0.3) is 11.0 Å². The predicted octanol–water partition coefficient (Wildman–Crippen LogP) is 2.99. The molecule has 8 heteroatoms. The first-order valence-corrected chi connectivity index (χ1v) is 11.1. The Labute approximate surface area is 192 Å². The summed E-state index contributed by atoms with van der Waals surface area (Å²) in [5.41, 5.74) is 7.10. The van der Waals surface area contributed by atoms with Crippen LogP contribution in [0.5, 0.6) is 0 Å². The molecule has 0 bridgehead atoms. The first-order valence-electron chi connectivity index (χ1n) is 11.1. The number of aryl methyl sites for hydroxylation is 4. The van der Waals surface area contributed by atoms with Crippen LogP contribution in [0.3, 0.4) is 0 Å². The standard InChI is InChI=1S/C25H30N6O2/c1-15-20(25(33)27-24-23(15)17(3)28-30(24)5)11-12-22(32)26-13-21-16(2)29-31(18(21)4)14-19-9-7-6-8-10-19/h6-10H,11-14H2,1-5H3,(H,26,32)(H,27,33). The van der Waals surface area contributed by atoms with Gasteiger partial charge in [-0.15, -0.1) is 0 Å². The van der Waals surface area contributed by atoms with Gasteiger partial charge >= 0.3 is 0 Å². The van der Waals surface area contributed by atoms with Crippen LogP contribution in [0, 0.1) is 27.7 Å². The normalized spacial score (nSPS) is 11.3. The molecule has 0 fully saturated rings. The third-order valence-electron chi connectivity index (χ3n) is 6.33. The van der Waals surface area contributed by atoms with E-state index in [1.807, 2.05) is 57.6 Å². The van der Waals surface area contributed by atoms with Gasteiger partial charge in [0.05, 0.1) is 17.9 Å². The van der Waals surface area contributed by atoms with Crippen molar-refractivity contribution in [2.45, 2.75) is 53.6 Å². The van der Waals surface area contributed by atoms with E-state index in [1.165, 1.54) is 5.56 Å². The highest BCUT2D eigenvalue weighted by Gasteiger charge is 2.17. The van der Waals surface area contributed by atoms with Crippen molar-refractivity contribution < 1.29 is 4.79 Å². The van der Waals surface area contributed by atoms with Gasteiger partial charge in [-0.25, -0.2) is 0 Å². The van der Waals surface area contributed by atoms with Crippen molar-refractivity contribution in [1.82, 2.24) is 29.9 Å². The van der Waals surface area contributed by atoms with Crippen LogP contribution in [-0.4, -0.2) is 30.5 Å². The number of pyridine rings is 1. The summed E-state index contributed by atoms with van der Waals surface area (Å²) in [6.07, 6.45) is 0.619. The molecule has 0 spiro atoms. The molecule has 0 radical (unpaired) electrons. The molecule has 0 aliphatic carbocycles. The summed E-state index contributed by atoms with van der Waals surface area (Å²) in [5, 5.41) is 13.0. The average molecular weight is 447 g/mol. The predicted molar refractivity (Wildman–Crippen MR) is 128 cm³/mol. The molecule has 0 saturated heterocycles. The fraction of sp³-hybridized carbons (Fsp3) is 0.360. The number of hydrogen-bond acceptors (Lipinski definition) is 4. The Morgan fingerprint density at radius 1 is 1.03 bits per heavy atom. The fourth-order valence-corrected chi connectivity index (χ4v) is 4.47. The van der Waals surface area contributed by atoms with Gasteiger partial charge in [0.15, 0.2) is 0 Å². The molecule has 0 unspecified atom stereocenters. The maximum atomic E-state index is 12.6. The smallest absolute Gasteiger partial charge is 0.253 e. The van der Waals surface area contributed by atoms with Crippen LogP contribution in [0.1, 0.15) is 45.8 Å². The van der Waals surface area contributed by atoms with Crippen molar-refractivity contribution in [2.24, 2.45) is 7.05 Å². The van der Waals surface area contributed by atoms with Crippen molar-refractivity contribution >= 4 is 16.9 Å². The minimum Gasteiger partial charge on any atom is -0.352 e. The molecule has 1 aromatic carbocycles. The zero-order valence-electron chi connectivity index (χ0n) is 19.8. The number of amides is 1. The summed E-state index contributed by atoms with van der Waals surface area (Å²) < 4.78 is 3.65. The van der Waals surface area contributed by atoms with Crippen molar-refractivity contribution in [1.29, 1.82) is 0 Å². The van der Waals surface area contributed by atoms with E-state index in [0.717, 1.165) is 33.6 Å². The van der Waals surface area contributed by atoms with Crippen LogP contribution in [0.15, 0.2) is 35.1 Å². The monoisotopic (exact) mass is 446 g/mol. The number of nitrogens with zero attached hydrogens (tertiary/aromatic N) is 4. The summed E-state index contributed by atoms with van der Waals surface area (Å²) in [5.74, 6) is -0.0913. The Morgan fingerprint density at radius 2 is 1.76 bits per heavy atom. The molecule has 1 amide bonds. The second kappa shape index (κ2) is 9.05. The van der Waals surface area contributed by atoms with E-state index in [-0.39, 0.29) is 17.9 Å². The molecule has 33 heavy (non-hydrogen) atoms. The number of nitrogens with one attached hydrogen (secondary N) is 2. The van der Waals surface area contributed by atoms with E-state index in [2.05, 4.69) is 32.6 Å². The molecule has 172 valence electrons. The van der Waals surface area contributed by atoms with E-state index in [4.69, 9.17) is 0 Å². The largest absolute Gasteiger partial charge is 0.352 e. The van der Waals surface area contributed by atoms with Gasteiger partial charge in [0.25, 0.3) is 5.56 Å². The molecule has 8 nitrogen and oxygen atoms in total. The van der Waals surface area contributed by atoms with Gasteiger partial charge < -0.3 is 10.3 Å². The summed E-state index contributed by atoms with van der Waals surface area (Å²) in [4.78, 5) is 28.1. The summed E-state index contributed by atoms with van der Waals surface area (Å²) in [7, 11) is 1.81. The fourth-order valence-electron chi connectivity index (χ4n) is 4.47. The molecular weight excluding hydrogens is 416 g/mol. The highest BCUT2D eigenvalue weighted by Crippen LogP contribution is 2.21. The maximum absolute atomic E-state index is 12.6. The zero-order valence-corrected chi connectivity index (χ0v) is 19.8. The number of carbonyl (C=O) groups excluding carboxylic acids is 1. The van der Waals surface area contributed by atoms with Gasteiger partial charge in [-0.05, 0) is 45.2 Å². The first-order chi connectivity index (χ1) is 15.8. The number of aromatic nitrogens is 5. The van der Waals surface area contributed by atoms with Gasteiger partial charge in [0.1, 0.15) is 5.65 Å². The lowest BCUT2D eigenvalue weighted by molar-refractivity contribution is -0.121. The molecule has 0 aliphatic rings. The van der Waals surface area contributed by atoms with E-state index in [0.29, 0.717) is 30.7 Å². The molecule has 0 saturated carbocycles. The van der Waals surface area contributed by atoms with E-state index >= 15 is 0 Å². The zero-order chi connectivity index (χ0) is 23.7. The highest BCUT2D eigenvalue weighted by molar-refractivity contribution is 5.83. The van der Waals surface area contributed by atoms with Crippen molar-refractivity contribution in [3.8, 4) is 0 Å². The van der Waals surface area contributed by atoms with Crippen molar-refractivity contribution in [2.75, 3.05) is 0 Å². The summed E-state index contributed by atoms with van der Waals surface area (Å²) in [6.45, 7) is 8.95. The Balaban J connectivity index is 1.42. The molecule has 3 aromatic heterocycles. The second-order valence-electron chi connectivity index (χ2n) is 8.56. The van der Waals surface area contributed by atoms with Gasteiger partial charge in [-0.1, -0.05) is 30.3 Å². The second-order valence-corrected chi connectivity index (χ2v) is 8.56. The van der Waals surface area contributed by atoms with E-state index in [9.17, 15) is 9.59 Å². The number of rotatable bonds is 7. The summed E-state index contributed by atoms with van der Waals surface area (Å²) >= 11 is 0. The lowest BCUT2D eigenvalue weighted by Crippen LogP contribution is -2.25. The van der Waals surface area contributed by atoms with Crippen molar-refractivity contribution in [3.05, 3.63) is 80.0 Å². The number of benzene rings is 1.